The van der Waals surface area contributed by atoms with E-state index in [4.69, 9.17) is 4.98 Å². The topological polar surface area (TPSA) is 35.5 Å². The van der Waals surface area contributed by atoms with E-state index in [0.717, 1.165) is 56.7 Å². The first kappa shape index (κ1) is 16.6. The van der Waals surface area contributed by atoms with Crippen LogP contribution in [-0.2, 0) is 0 Å². The first-order chi connectivity index (χ1) is 11.7. The molecular weight excluding hydrogens is 298 g/mol. The van der Waals surface area contributed by atoms with Gasteiger partial charge in [-0.25, -0.2) is 4.98 Å². The number of hydrogen-bond acceptors (Lipinski definition) is 5. The van der Waals surface area contributed by atoms with E-state index in [1.807, 2.05) is 0 Å². The number of para-hydroxylation sites is 1. The second-order valence-corrected chi connectivity index (χ2v) is 6.15. The minimum atomic E-state index is 0.848. The maximum atomic E-state index is 4.82. The highest BCUT2D eigenvalue weighted by molar-refractivity contribution is 5.51. The van der Waals surface area contributed by atoms with Gasteiger partial charge in [-0.2, -0.15) is 4.98 Å². The molecule has 5 heteroatoms. The minimum Gasteiger partial charge on any atom is -0.368 e. The third-order valence-corrected chi connectivity index (χ3v) is 4.60. The largest absolute Gasteiger partial charge is 0.368 e. The molecule has 1 fully saturated rings. The van der Waals surface area contributed by atoms with Gasteiger partial charge in [-0.15, -0.1) is 0 Å². The average Bonchev–Trinajstić information content (AvgIpc) is 2.63. The molecule has 1 aromatic heterocycles. The normalized spacial score (nSPS) is 14.8. The van der Waals surface area contributed by atoms with Crippen LogP contribution >= 0.6 is 0 Å². The number of rotatable bonds is 5. The molecule has 24 heavy (non-hydrogen) atoms. The zero-order valence-corrected chi connectivity index (χ0v) is 14.9. The SMILES string of the molecule is CCN(CC)c1nc(C)cc(N2CCN(c3ccccc3)CC2)n1. The van der Waals surface area contributed by atoms with Gasteiger partial charge in [0.05, 0.1) is 0 Å². The molecule has 128 valence electrons. The number of benzene rings is 1. The second kappa shape index (κ2) is 7.51. The van der Waals surface area contributed by atoms with E-state index in [0.29, 0.717) is 0 Å². The first-order valence-electron chi connectivity index (χ1n) is 8.86. The van der Waals surface area contributed by atoms with Crippen molar-refractivity contribution >= 4 is 17.5 Å². The molecule has 0 spiro atoms. The molecule has 0 amide bonds. The van der Waals surface area contributed by atoms with Crippen molar-refractivity contribution in [3.63, 3.8) is 0 Å². The fourth-order valence-electron chi connectivity index (χ4n) is 3.18. The maximum Gasteiger partial charge on any atom is 0.227 e. The van der Waals surface area contributed by atoms with Crippen molar-refractivity contribution in [3.05, 3.63) is 42.1 Å². The summed E-state index contributed by atoms with van der Waals surface area (Å²) in [5.41, 5.74) is 2.34. The Balaban J connectivity index is 1.72. The van der Waals surface area contributed by atoms with Gasteiger partial charge in [0.25, 0.3) is 0 Å². The van der Waals surface area contributed by atoms with Crippen molar-refractivity contribution in [2.75, 3.05) is 54.0 Å². The highest BCUT2D eigenvalue weighted by Crippen LogP contribution is 2.21. The molecule has 0 atom stereocenters. The molecule has 0 saturated carbocycles. The van der Waals surface area contributed by atoms with Crippen LogP contribution in [0.25, 0.3) is 0 Å². The number of aryl methyl sites for hydroxylation is 1. The van der Waals surface area contributed by atoms with Crippen molar-refractivity contribution in [1.29, 1.82) is 0 Å². The molecule has 1 aliphatic heterocycles. The van der Waals surface area contributed by atoms with Gasteiger partial charge >= 0.3 is 0 Å². The summed E-state index contributed by atoms with van der Waals surface area (Å²) in [5, 5.41) is 0. The summed E-state index contributed by atoms with van der Waals surface area (Å²) in [6.07, 6.45) is 0. The van der Waals surface area contributed by atoms with Crippen LogP contribution in [0, 0.1) is 6.92 Å². The highest BCUT2D eigenvalue weighted by atomic mass is 15.3. The smallest absolute Gasteiger partial charge is 0.227 e. The molecule has 0 N–H and O–H groups in total. The molecule has 0 aliphatic carbocycles. The summed E-state index contributed by atoms with van der Waals surface area (Å²) in [7, 11) is 0. The van der Waals surface area contributed by atoms with Crippen LogP contribution in [0.15, 0.2) is 36.4 Å². The van der Waals surface area contributed by atoms with Crippen LogP contribution in [0.1, 0.15) is 19.5 Å². The number of anilines is 3. The third-order valence-electron chi connectivity index (χ3n) is 4.60. The van der Waals surface area contributed by atoms with Crippen molar-refractivity contribution < 1.29 is 0 Å². The molecule has 0 unspecified atom stereocenters. The summed E-state index contributed by atoms with van der Waals surface area (Å²) in [6.45, 7) is 12.2. The molecular formula is C19H27N5. The Morgan fingerprint density at radius 2 is 1.54 bits per heavy atom. The fourth-order valence-corrected chi connectivity index (χ4v) is 3.18. The number of piperazine rings is 1. The van der Waals surface area contributed by atoms with E-state index < -0.39 is 0 Å². The average molecular weight is 325 g/mol. The Bertz CT molecular complexity index is 646. The molecule has 0 bridgehead atoms. The Morgan fingerprint density at radius 1 is 0.917 bits per heavy atom. The standard InChI is InChI=1S/C19H27N5/c1-4-22(5-2)19-20-16(3)15-18(21-19)24-13-11-23(12-14-24)17-9-7-6-8-10-17/h6-10,15H,4-5,11-14H2,1-3H3. The molecule has 5 nitrogen and oxygen atoms in total. The summed E-state index contributed by atoms with van der Waals surface area (Å²) in [6, 6.07) is 12.7. The number of nitrogens with zero attached hydrogens (tertiary/aromatic N) is 5. The lowest BCUT2D eigenvalue weighted by Crippen LogP contribution is -2.47. The summed E-state index contributed by atoms with van der Waals surface area (Å²) in [5.74, 6) is 1.90. The van der Waals surface area contributed by atoms with E-state index in [1.165, 1.54) is 5.69 Å². The van der Waals surface area contributed by atoms with E-state index in [9.17, 15) is 0 Å². The fraction of sp³-hybridized carbons (Fsp3) is 0.474. The minimum absolute atomic E-state index is 0.848. The zero-order valence-electron chi connectivity index (χ0n) is 14.9. The van der Waals surface area contributed by atoms with Crippen molar-refractivity contribution in [1.82, 2.24) is 9.97 Å². The van der Waals surface area contributed by atoms with Crippen molar-refractivity contribution in [2.24, 2.45) is 0 Å². The van der Waals surface area contributed by atoms with Crippen LogP contribution < -0.4 is 14.7 Å². The lowest BCUT2D eigenvalue weighted by Gasteiger charge is -2.37. The van der Waals surface area contributed by atoms with Gasteiger partial charge in [-0.05, 0) is 32.9 Å². The van der Waals surface area contributed by atoms with Crippen LogP contribution in [-0.4, -0.2) is 49.2 Å². The Labute approximate surface area is 144 Å². The first-order valence-corrected chi connectivity index (χ1v) is 8.86. The lowest BCUT2D eigenvalue weighted by atomic mass is 10.2. The Kier molecular flexibility index (Phi) is 5.18. The molecule has 2 heterocycles. The summed E-state index contributed by atoms with van der Waals surface area (Å²) < 4.78 is 0. The van der Waals surface area contributed by atoms with Gasteiger partial charge in [0, 0.05) is 56.7 Å². The van der Waals surface area contributed by atoms with E-state index in [2.05, 4.69) is 76.9 Å². The Morgan fingerprint density at radius 3 is 2.17 bits per heavy atom. The van der Waals surface area contributed by atoms with Gasteiger partial charge in [0.2, 0.25) is 5.95 Å². The lowest BCUT2D eigenvalue weighted by molar-refractivity contribution is 0.645. The number of hydrogen-bond donors (Lipinski definition) is 0. The monoisotopic (exact) mass is 325 g/mol. The number of aromatic nitrogens is 2. The third kappa shape index (κ3) is 3.61. The molecule has 1 saturated heterocycles. The second-order valence-electron chi connectivity index (χ2n) is 6.15. The Hall–Kier alpha value is -2.30. The quantitative estimate of drug-likeness (QED) is 0.844. The van der Waals surface area contributed by atoms with E-state index >= 15 is 0 Å². The van der Waals surface area contributed by atoms with Crippen molar-refractivity contribution in [2.45, 2.75) is 20.8 Å². The predicted octanol–water partition coefficient (Wildman–Crippen LogP) is 2.96. The van der Waals surface area contributed by atoms with Gasteiger partial charge < -0.3 is 14.7 Å². The molecule has 1 aliphatic rings. The van der Waals surface area contributed by atoms with Crippen LogP contribution in [0.5, 0.6) is 0 Å². The van der Waals surface area contributed by atoms with Crippen LogP contribution in [0.3, 0.4) is 0 Å². The maximum absolute atomic E-state index is 4.82. The predicted molar refractivity (Wildman–Crippen MR) is 101 cm³/mol. The molecule has 3 rings (SSSR count). The van der Waals surface area contributed by atoms with E-state index in [-0.39, 0.29) is 0 Å². The molecule has 0 radical (unpaired) electrons. The molecule has 2 aromatic rings. The summed E-state index contributed by atoms with van der Waals surface area (Å²) >= 11 is 0. The zero-order chi connectivity index (χ0) is 16.9. The van der Waals surface area contributed by atoms with E-state index in [1.54, 1.807) is 0 Å². The summed E-state index contributed by atoms with van der Waals surface area (Å²) in [4.78, 5) is 16.5. The van der Waals surface area contributed by atoms with Crippen molar-refractivity contribution in [3.8, 4) is 0 Å². The van der Waals surface area contributed by atoms with Gasteiger partial charge in [0.15, 0.2) is 0 Å². The van der Waals surface area contributed by atoms with Gasteiger partial charge in [-0.3, -0.25) is 0 Å². The molecule has 1 aromatic carbocycles. The van der Waals surface area contributed by atoms with Gasteiger partial charge in [0.1, 0.15) is 5.82 Å². The van der Waals surface area contributed by atoms with Crippen LogP contribution in [0.2, 0.25) is 0 Å². The van der Waals surface area contributed by atoms with Gasteiger partial charge in [-0.1, -0.05) is 18.2 Å². The van der Waals surface area contributed by atoms with Crippen LogP contribution in [0.4, 0.5) is 17.5 Å². The highest BCUT2D eigenvalue weighted by Gasteiger charge is 2.19.